The van der Waals surface area contributed by atoms with Gasteiger partial charge in [0, 0.05) is 12.7 Å². The Morgan fingerprint density at radius 2 is 2.33 bits per heavy atom. The summed E-state index contributed by atoms with van der Waals surface area (Å²) in [6.45, 7) is 0.962. The molecular formula is C12H14N2O4. The molecule has 2 rings (SSSR count). The van der Waals surface area contributed by atoms with Crippen LogP contribution in [0.5, 0.6) is 0 Å². The summed E-state index contributed by atoms with van der Waals surface area (Å²) in [7, 11) is 1.30. The van der Waals surface area contributed by atoms with Gasteiger partial charge >= 0.3 is 5.97 Å². The van der Waals surface area contributed by atoms with Crippen molar-refractivity contribution in [3.8, 4) is 0 Å². The van der Waals surface area contributed by atoms with Crippen molar-refractivity contribution in [2.75, 3.05) is 26.8 Å². The molecule has 0 N–H and O–H groups in total. The van der Waals surface area contributed by atoms with E-state index in [1.165, 1.54) is 7.11 Å². The lowest BCUT2D eigenvalue weighted by atomic mass is 10.2. The van der Waals surface area contributed by atoms with Crippen LogP contribution in [0.2, 0.25) is 0 Å². The van der Waals surface area contributed by atoms with E-state index in [1.807, 2.05) is 0 Å². The molecule has 0 bridgehead atoms. The number of amides is 1. The number of carbonyl (C=O) groups excluding carboxylic acids is 2. The maximum absolute atomic E-state index is 12.1. The summed E-state index contributed by atoms with van der Waals surface area (Å²) in [6, 6.07) is 5.14. The molecule has 0 aliphatic carbocycles. The highest BCUT2D eigenvalue weighted by Gasteiger charge is 2.30. The minimum Gasteiger partial charge on any atom is -0.467 e. The SMILES string of the molecule is COC(=O)C1CN(C(=O)c2ccccn2)CCO1. The second-order valence-corrected chi connectivity index (χ2v) is 3.85. The summed E-state index contributed by atoms with van der Waals surface area (Å²) in [5.74, 6) is -0.665. The van der Waals surface area contributed by atoms with Crippen LogP contribution in [-0.2, 0) is 14.3 Å². The minimum atomic E-state index is -0.712. The average Bonchev–Trinajstić information content (AvgIpc) is 2.46. The summed E-state index contributed by atoms with van der Waals surface area (Å²) in [5.41, 5.74) is 0.364. The van der Waals surface area contributed by atoms with Crippen LogP contribution < -0.4 is 0 Å². The molecule has 1 saturated heterocycles. The predicted molar refractivity (Wildman–Crippen MR) is 61.9 cm³/mol. The van der Waals surface area contributed by atoms with Crippen LogP contribution in [0.4, 0.5) is 0 Å². The molecule has 1 aromatic rings. The largest absolute Gasteiger partial charge is 0.467 e. The van der Waals surface area contributed by atoms with Gasteiger partial charge in [-0.15, -0.1) is 0 Å². The fourth-order valence-electron chi connectivity index (χ4n) is 1.76. The van der Waals surface area contributed by atoms with Crippen molar-refractivity contribution in [3.05, 3.63) is 30.1 Å². The Bertz CT molecular complexity index is 435. The van der Waals surface area contributed by atoms with Crippen LogP contribution in [-0.4, -0.2) is 54.7 Å². The number of methoxy groups -OCH3 is 1. The lowest BCUT2D eigenvalue weighted by Crippen LogP contribution is -2.49. The molecule has 0 aromatic carbocycles. The number of rotatable bonds is 2. The number of carbonyl (C=O) groups is 2. The molecule has 18 heavy (non-hydrogen) atoms. The fourth-order valence-corrected chi connectivity index (χ4v) is 1.76. The normalized spacial score (nSPS) is 19.4. The van der Waals surface area contributed by atoms with Gasteiger partial charge in [0.1, 0.15) is 5.69 Å². The van der Waals surface area contributed by atoms with Gasteiger partial charge in [0.2, 0.25) is 0 Å². The zero-order chi connectivity index (χ0) is 13.0. The zero-order valence-corrected chi connectivity index (χ0v) is 10.0. The van der Waals surface area contributed by atoms with Crippen molar-refractivity contribution in [3.63, 3.8) is 0 Å². The molecule has 1 fully saturated rings. The van der Waals surface area contributed by atoms with Crippen LogP contribution in [0.15, 0.2) is 24.4 Å². The van der Waals surface area contributed by atoms with E-state index < -0.39 is 12.1 Å². The van der Waals surface area contributed by atoms with Crippen molar-refractivity contribution in [2.24, 2.45) is 0 Å². The molecule has 1 aliphatic rings. The Morgan fingerprint density at radius 1 is 1.50 bits per heavy atom. The van der Waals surface area contributed by atoms with Gasteiger partial charge in [-0.05, 0) is 12.1 Å². The Morgan fingerprint density at radius 3 is 3.00 bits per heavy atom. The molecule has 1 atom stereocenters. The topological polar surface area (TPSA) is 68.7 Å². The summed E-state index contributed by atoms with van der Waals surface area (Å²) in [6.07, 6.45) is 0.849. The first-order chi connectivity index (χ1) is 8.72. The van der Waals surface area contributed by atoms with E-state index in [-0.39, 0.29) is 12.5 Å². The highest BCUT2D eigenvalue weighted by atomic mass is 16.6. The molecule has 0 spiro atoms. The minimum absolute atomic E-state index is 0.197. The number of hydrogen-bond donors (Lipinski definition) is 0. The first-order valence-electron chi connectivity index (χ1n) is 5.62. The Balaban J connectivity index is 2.05. The quantitative estimate of drug-likeness (QED) is 0.696. The first kappa shape index (κ1) is 12.5. The molecule has 1 unspecified atom stereocenters. The van der Waals surface area contributed by atoms with Crippen molar-refractivity contribution in [1.82, 2.24) is 9.88 Å². The van der Waals surface area contributed by atoms with E-state index in [1.54, 1.807) is 29.3 Å². The summed E-state index contributed by atoms with van der Waals surface area (Å²) in [5, 5.41) is 0. The third kappa shape index (κ3) is 2.65. The zero-order valence-electron chi connectivity index (χ0n) is 10.0. The molecule has 0 radical (unpaired) electrons. The van der Waals surface area contributed by atoms with E-state index in [2.05, 4.69) is 9.72 Å². The molecule has 1 aliphatic heterocycles. The van der Waals surface area contributed by atoms with Gasteiger partial charge < -0.3 is 14.4 Å². The van der Waals surface area contributed by atoms with Crippen LogP contribution in [0.1, 0.15) is 10.5 Å². The number of morpholine rings is 1. The average molecular weight is 250 g/mol. The van der Waals surface area contributed by atoms with Crippen molar-refractivity contribution in [2.45, 2.75) is 6.10 Å². The van der Waals surface area contributed by atoms with E-state index in [4.69, 9.17) is 4.74 Å². The van der Waals surface area contributed by atoms with Gasteiger partial charge in [-0.3, -0.25) is 9.78 Å². The highest BCUT2D eigenvalue weighted by Crippen LogP contribution is 2.10. The standard InChI is InChI=1S/C12H14N2O4/c1-17-12(16)10-8-14(6-7-18-10)11(15)9-4-2-3-5-13-9/h2-5,10H,6-8H2,1H3. The smallest absolute Gasteiger partial charge is 0.336 e. The second kappa shape index (κ2) is 5.59. The van der Waals surface area contributed by atoms with Gasteiger partial charge in [-0.1, -0.05) is 6.07 Å². The Kier molecular flexibility index (Phi) is 3.88. The Hall–Kier alpha value is -1.95. The van der Waals surface area contributed by atoms with Gasteiger partial charge in [-0.2, -0.15) is 0 Å². The van der Waals surface area contributed by atoms with Gasteiger partial charge in [0.15, 0.2) is 6.10 Å². The number of hydrogen-bond acceptors (Lipinski definition) is 5. The fraction of sp³-hybridized carbons (Fsp3) is 0.417. The van der Waals surface area contributed by atoms with Crippen LogP contribution >= 0.6 is 0 Å². The van der Waals surface area contributed by atoms with E-state index in [0.29, 0.717) is 18.8 Å². The third-order valence-electron chi connectivity index (χ3n) is 2.70. The van der Waals surface area contributed by atoms with E-state index in [0.717, 1.165) is 0 Å². The van der Waals surface area contributed by atoms with Crippen molar-refractivity contribution >= 4 is 11.9 Å². The maximum Gasteiger partial charge on any atom is 0.336 e. The summed E-state index contributed by atoms with van der Waals surface area (Å²) in [4.78, 5) is 29.0. The number of nitrogens with zero attached hydrogens (tertiary/aromatic N) is 2. The second-order valence-electron chi connectivity index (χ2n) is 3.85. The molecule has 6 heteroatoms. The van der Waals surface area contributed by atoms with Crippen molar-refractivity contribution in [1.29, 1.82) is 0 Å². The Labute approximate surface area is 105 Å². The van der Waals surface area contributed by atoms with E-state index in [9.17, 15) is 9.59 Å². The monoisotopic (exact) mass is 250 g/mol. The molecule has 1 amide bonds. The van der Waals surface area contributed by atoms with Gasteiger partial charge in [0.05, 0.1) is 20.3 Å². The molecule has 2 heterocycles. The van der Waals surface area contributed by atoms with Crippen LogP contribution in [0, 0.1) is 0 Å². The van der Waals surface area contributed by atoms with Gasteiger partial charge in [-0.25, -0.2) is 4.79 Å². The molecular weight excluding hydrogens is 236 g/mol. The van der Waals surface area contributed by atoms with Gasteiger partial charge in [0.25, 0.3) is 5.91 Å². The number of ether oxygens (including phenoxy) is 2. The summed E-state index contributed by atoms with van der Waals surface area (Å²) >= 11 is 0. The number of pyridine rings is 1. The number of esters is 1. The van der Waals surface area contributed by atoms with Crippen LogP contribution in [0.25, 0.3) is 0 Å². The molecule has 1 aromatic heterocycles. The highest BCUT2D eigenvalue weighted by molar-refractivity contribution is 5.92. The number of aromatic nitrogens is 1. The first-order valence-corrected chi connectivity index (χ1v) is 5.62. The maximum atomic E-state index is 12.1. The van der Waals surface area contributed by atoms with E-state index >= 15 is 0 Å². The van der Waals surface area contributed by atoms with Crippen LogP contribution in [0.3, 0.4) is 0 Å². The molecule has 0 saturated carbocycles. The lowest BCUT2D eigenvalue weighted by molar-refractivity contribution is -0.158. The summed E-state index contributed by atoms with van der Waals surface area (Å²) < 4.78 is 9.86. The third-order valence-corrected chi connectivity index (χ3v) is 2.70. The molecule has 6 nitrogen and oxygen atoms in total. The molecule has 96 valence electrons. The van der Waals surface area contributed by atoms with Crippen molar-refractivity contribution < 1.29 is 19.1 Å². The lowest BCUT2D eigenvalue weighted by Gasteiger charge is -2.31. The predicted octanol–water partition coefficient (Wildman–Crippen LogP) is 0.0956.